The summed E-state index contributed by atoms with van der Waals surface area (Å²) < 4.78 is 5.04. The number of carbonyl (C=O) groups excluding carboxylic acids is 3. The average Bonchev–Trinajstić information content (AvgIpc) is 2.59. The second kappa shape index (κ2) is 8.49. The summed E-state index contributed by atoms with van der Waals surface area (Å²) in [6, 6.07) is 13.9. The van der Waals surface area contributed by atoms with E-state index < -0.39 is 17.7 Å². The number of carbonyl (C=O) groups is 3. The fourth-order valence-electron chi connectivity index (χ4n) is 2.06. The summed E-state index contributed by atoms with van der Waals surface area (Å²) in [5, 5.41) is 7.35. The van der Waals surface area contributed by atoms with Gasteiger partial charge in [0.25, 0.3) is 0 Å². The van der Waals surface area contributed by atoms with E-state index in [4.69, 9.17) is 4.74 Å². The highest BCUT2D eigenvalue weighted by Gasteiger charge is 2.15. The quantitative estimate of drug-likeness (QED) is 0.721. The van der Waals surface area contributed by atoms with E-state index in [1.165, 1.54) is 7.11 Å². The zero-order valence-electron chi connectivity index (χ0n) is 14.0. The highest BCUT2D eigenvalue weighted by molar-refractivity contribution is 6.39. The van der Waals surface area contributed by atoms with Crippen molar-refractivity contribution in [2.45, 2.75) is 6.92 Å². The van der Waals surface area contributed by atoms with Crippen molar-refractivity contribution in [3.8, 4) is 5.75 Å². The van der Waals surface area contributed by atoms with Crippen LogP contribution >= 0.6 is 0 Å². The predicted molar refractivity (Wildman–Crippen MR) is 94.4 cm³/mol. The van der Waals surface area contributed by atoms with Crippen LogP contribution in [0.3, 0.4) is 0 Å². The Morgan fingerprint density at radius 1 is 0.920 bits per heavy atom. The molecule has 0 saturated heterocycles. The minimum Gasteiger partial charge on any atom is -0.497 e. The summed E-state index contributed by atoms with van der Waals surface area (Å²) in [7, 11) is 1.50. The normalized spacial score (nSPS) is 9.84. The maximum Gasteiger partial charge on any atom is 0.313 e. The fraction of sp³-hybridized carbons (Fsp3) is 0.167. The second-order valence-electron chi connectivity index (χ2n) is 5.29. The van der Waals surface area contributed by atoms with E-state index in [0.717, 1.165) is 5.56 Å². The van der Waals surface area contributed by atoms with Crippen LogP contribution in [0.1, 0.15) is 5.56 Å². The van der Waals surface area contributed by atoms with Crippen LogP contribution in [0.15, 0.2) is 48.5 Å². The van der Waals surface area contributed by atoms with Gasteiger partial charge in [-0.25, -0.2) is 0 Å². The van der Waals surface area contributed by atoms with Gasteiger partial charge in [-0.15, -0.1) is 0 Å². The van der Waals surface area contributed by atoms with E-state index in [1.54, 1.807) is 36.4 Å². The van der Waals surface area contributed by atoms with Crippen molar-refractivity contribution in [1.29, 1.82) is 0 Å². The van der Waals surface area contributed by atoms with E-state index in [2.05, 4.69) is 16.0 Å². The molecule has 0 spiro atoms. The summed E-state index contributed by atoms with van der Waals surface area (Å²) in [4.78, 5) is 35.4. The zero-order valence-corrected chi connectivity index (χ0v) is 14.0. The number of hydrogen-bond donors (Lipinski definition) is 3. The highest BCUT2D eigenvalue weighted by atomic mass is 16.5. The molecular formula is C18H19N3O4. The maximum absolute atomic E-state index is 11.8. The Balaban J connectivity index is 1.82. The molecular weight excluding hydrogens is 322 g/mol. The lowest BCUT2D eigenvalue weighted by atomic mass is 10.2. The van der Waals surface area contributed by atoms with Crippen molar-refractivity contribution in [3.05, 3.63) is 54.1 Å². The molecule has 0 heterocycles. The first-order valence-corrected chi connectivity index (χ1v) is 7.57. The monoisotopic (exact) mass is 341 g/mol. The van der Waals surface area contributed by atoms with Gasteiger partial charge in [0.2, 0.25) is 5.91 Å². The summed E-state index contributed by atoms with van der Waals surface area (Å²) >= 11 is 0. The van der Waals surface area contributed by atoms with Crippen LogP contribution in [-0.2, 0) is 14.4 Å². The number of anilines is 2. The van der Waals surface area contributed by atoms with Crippen LogP contribution in [0.2, 0.25) is 0 Å². The Kier molecular flexibility index (Phi) is 6.11. The predicted octanol–water partition coefficient (Wildman–Crippen LogP) is 1.70. The topological polar surface area (TPSA) is 96.5 Å². The molecule has 0 atom stereocenters. The lowest BCUT2D eigenvalue weighted by Crippen LogP contribution is -2.39. The van der Waals surface area contributed by atoms with Gasteiger partial charge in [-0.2, -0.15) is 0 Å². The molecule has 0 aliphatic heterocycles. The van der Waals surface area contributed by atoms with Gasteiger partial charge in [0.1, 0.15) is 5.75 Å². The van der Waals surface area contributed by atoms with Crippen LogP contribution in [-0.4, -0.2) is 31.4 Å². The molecule has 3 N–H and O–H groups in total. The SMILES string of the molecule is COc1cccc(NC(=O)C(=O)NCC(=O)Nc2cccc(C)c2)c1. The van der Waals surface area contributed by atoms with Crippen LogP contribution in [0.4, 0.5) is 11.4 Å². The van der Waals surface area contributed by atoms with Crippen LogP contribution in [0, 0.1) is 6.92 Å². The molecule has 0 aromatic heterocycles. The van der Waals surface area contributed by atoms with Crippen LogP contribution in [0.5, 0.6) is 5.75 Å². The first-order valence-electron chi connectivity index (χ1n) is 7.57. The van der Waals surface area contributed by atoms with E-state index in [-0.39, 0.29) is 6.54 Å². The first kappa shape index (κ1) is 18.0. The summed E-state index contributed by atoms with van der Waals surface area (Å²) in [6.07, 6.45) is 0. The number of ether oxygens (including phenoxy) is 1. The third-order valence-corrected chi connectivity index (χ3v) is 3.25. The van der Waals surface area contributed by atoms with Crippen LogP contribution < -0.4 is 20.7 Å². The summed E-state index contributed by atoms with van der Waals surface area (Å²) in [6.45, 7) is 1.60. The van der Waals surface area contributed by atoms with Gasteiger partial charge in [0, 0.05) is 17.4 Å². The number of hydrogen-bond acceptors (Lipinski definition) is 4. The average molecular weight is 341 g/mol. The molecule has 0 saturated carbocycles. The molecule has 0 unspecified atom stereocenters. The van der Waals surface area contributed by atoms with Gasteiger partial charge < -0.3 is 20.7 Å². The molecule has 0 fully saturated rings. The van der Waals surface area contributed by atoms with Crippen molar-refractivity contribution in [1.82, 2.24) is 5.32 Å². The van der Waals surface area contributed by atoms with E-state index in [9.17, 15) is 14.4 Å². The van der Waals surface area contributed by atoms with Gasteiger partial charge in [-0.3, -0.25) is 14.4 Å². The Morgan fingerprint density at radius 3 is 2.28 bits per heavy atom. The fourth-order valence-corrected chi connectivity index (χ4v) is 2.06. The largest absolute Gasteiger partial charge is 0.497 e. The van der Waals surface area contributed by atoms with E-state index >= 15 is 0 Å². The molecule has 7 heteroatoms. The molecule has 0 bridgehead atoms. The van der Waals surface area contributed by atoms with Gasteiger partial charge in [0.05, 0.1) is 13.7 Å². The van der Waals surface area contributed by atoms with E-state index in [1.807, 2.05) is 19.1 Å². The highest BCUT2D eigenvalue weighted by Crippen LogP contribution is 2.16. The molecule has 0 aliphatic rings. The second-order valence-corrected chi connectivity index (χ2v) is 5.29. The van der Waals surface area contributed by atoms with Gasteiger partial charge in [0.15, 0.2) is 0 Å². The molecule has 7 nitrogen and oxygen atoms in total. The number of aryl methyl sites for hydroxylation is 1. The number of methoxy groups -OCH3 is 1. The van der Waals surface area contributed by atoms with Crippen molar-refractivity contribution in [2.75, 3.05) is 24.3 Å². The third kappa shape index (κ3) is 5.65. The Labute approximate surface area is 145 Å². The lowest BCUT2D eigenvalue weighted by molar-refractivity contribution is -0.136. The molecule has 0 radical (unpaired) electrons. The Hall–Kier alpha value is -3.35. The number of amides is 3. The minimum absolute atomic E-state index is 0.307. The standard InChI is InChI=1S/C18H19N3O4/c1-12-5-3-6-13(9-12)20-16(22)11-19-17(23)18(24)21-14-7-4-8-15(10-14)25-2/h3-10H,11H2,1-2H3,(H,19,23)(H,20,22)(H,21,24). The Morgan fingerprint density at radius 2 is 1.60 bits per heavy atom. The smallest absolute Gasteiger partial charge is 0.313 e. The molecule has 0 aliphatic carbocycles. The molecule has 2 aromatic rings. The van der Waals surface area contributed by atoms with E-state index in [0.29, 0.717) is 17.1 Å². The molecule has 3 amide bonds. The lowest BCUT2D eigenvalue weighted by Gasteiger charge is -2.08. The molecule has 130 valence electrons. The van der Waals surface area contributed by atoms with Crippen molar-refractivity contribution in [3.63, 3.8) is 0 Å². The molecule has 2 aromatic carbocycles. The molecule has 2 rings (SSSR count). The van der Waals surface area contributed by atoms with Crippen molar-refractivity contribution >= 4 is 29.1 Å². The van der Waals surface area contributed by atoms with Crippen molar-refractivity contribution < 1.29 is 19.1 Å². The number of benzene rings is 2. The minimum atomic E-state index is -0.901. The van der Waals surface area contributed by atoms with Gasteiger partial charge in [-0.1, -0.05) is 18.2 Å². The summed E-state index contributed by atoms with van der Waals surface area (Å²) in [5.41, 5.74) is 2.04. The van der Waals surface area contributed by atoms with Crippen molar-refractivity contribution in [2.24, 2.45) is 0 Å². The first-order chi connectivity index (χ1) is 12.0. The van der Waals surface area contributed by atoms with Gasteiger partial charge in [-0.05, 0) is 36.8 Å². The van der Waals surface area contributed by atoms with Crippen LogP contribution in [0.25, 0.3) is 0 Å². The third-order valence-electron chi connectivity index (χ3n) is 3.25. The zero-order chi connectivity index (χ0) is 18.2. The molecule has 25 heavy (non-hydrogen) atoms. The van der Waals surface area contributed by atoms with Gasteiger partial charge >= 0.3 is 11.8 Å². The summed E-state index contributed by atoms with van der Waals surface area (Å²) in [5.74, 6) is -1.64. The maximum atomic E-state index is 11.8. The number of rotatable bonds is 5. The number of nitrogens with one attached hydrogen (secondary N) is 3. The Bertz CT molecular complexity index is 789.